The van der Waals surface area contributed by atoms with Gasteiger partial charge in [0.1, 0.15) is 11.8 Å². The van der Waals surface area contributed by atoms with Crippen LogP contribution in [0.2, 0.25) is 0 Å². The Kier molecular flexibility index (Phi) is 7.07. The SMILES string of the molecule is Cc1cc(NC(=O)COC(=O)C(CO)NS(=O)(=O)c2ccc(Br)cc2)no1. The highest BCUT2D eigenvalue weighted by molar-refractivity contribution is 9.10. The molecule has 2 aromatic rings. The van der Waals surface area contributed by atoms with Gasteiger partial charge in [-0.1, -0.05) is 21.1 Å². The largest absolute Gasteiger partial charge is 0.454 e. The Morgan fingerprint density at radius 1 is 1.33 bits per heavy atom. The second-order valence-corrected chi connectivity index (χ2v) is 7.92. The van der Waals surface area contributed by atoms with Crippen molar-refractivity contribution in [3.8, 4) is 0 Å². The van der Waals surface area contributed by atoms with Crippen LogP contribution in [-0.4, -0.2) is 49.8 Å². The van der Waals surface area contributed by atoms with Crippen LogP contribution < -0.4 is 10.0 Å². The number of nitrogens with one attached hydrogen (secondary N) is 2. The summed E-state index contributed by atoms with van der Waals surface area (Å²) in [7, 11) is -4.07. The molecule has 0 spiro atoms. The first-order valence-corrected chi connectivity index (χ1v) is 9.77. The highest BCUT2D eigenvalue weighted by Gasteiger charge is 2.27. The standard InChI is InChI=1S/C15H16BrN3O7S/c1-9-6-13(18-26-9)17-14(21)8-25-15(22)12(7-20)19-27(23,24)11-4-2-10(16)3-5-11/h2-6,12,19-20H,7-8H2,1H3,(H,17,18,21). The minimum Gasteiger partial charge on any atom is -0.454 e. The van der Waals surface area contributed by atoms with Crippen molar-refractivity contribution in [1.29, 1.82) is 0 Å². The Labute approximate surface area is 163 Å². The lowest BCUT2D eigenvalue weighted by molar-refractivity contribution is -0.149. The molecule has 27 heavy (non-hydrogen) atoms. The zero-order valence-corrected chi connectivity index (χ0v) is 16.4. The van der Waals surface area contributed by atoms with E-state index >= 15 is 0 Å². The van der Waals surface area contributed by atoms with E-state index in [9.17, 15) is 23.1 Å². The second kappa shape index (κ2) is 9.08. The molecule has 10 nitrogen and oxygen atoms in total. The maximum absolute atomic E-state index is 12.3. The average Bonchev–Trinajstić information content (AvgIpc) is 3.02. The van der Waals surface area contributed by atoms with Gasteiger partial charge in [0.25, 0.3) is 5.91 Å². The number of anilines is 1. The Morgan fingerprint density at radius 2 is 2.00 bits per heavy atom. The average molecular weight is 462 g/mol. The van der Waals surface area contributed by atoms with Crippen molar-refractivity contribution in [2.45, 2.75) is 17.9 Å². The van der Waals surface area contributed by atoms with E-state index in [1.165, 1.54) is 30.3 Å². The fraction of sp³-hybridized carbons (Fsp3) is 0.267. The third-order valence-corrected chi connectivity index (χ3v) is 5.15. The molecule has 3 N–H and O–H groups in total. The van der Waals surface area contributed by atoms with Gasteiger partial charge in [-0.3, -0.25) is 9.59 Å². The minimum atomic E-state index is -4.07. The molecule has 2 rings (SSSR count). The van der Waals surface area contributed by atoms with Crippen LogP contribution in [0.5, 0.6) is 0 Å². The van der Waals surface area contributed by atoms with Gasteiger partial charge < -0.3 is 19.7 Å². The van der Waals surface area contributed by atoms with Crippen LogP contribution in [-0.2, 0) is 24.3 Å². The van der Waals surface area contributed by atoms with Crippen molar-refractivity contribution < 1.29 is 32.4 Å². The smallest absolute Gasteiger partial charge is 0.327 e. The zero-order chi connectivity index (χ0) is 20.0. The molecule has 1 aromatic heterocycles. The van der Waals surface area contributed by atoms with Crippen molar-refractivity contribution >= 4 is 43.6 Å². The number of sulfonamides is 1. The first kappa shape index (κ1) is 21.0. The summed E-state index contributed by atoms with van der Waals surface area (Å²) >= 11 is 3.18. The van der Waals surface area contributed by atoms with Crippen LogP contribution in [0.15, 0.2) is 44.2 Å². The lowest BCUT2D eigenvalue weighted by atomic mass is 10.3. The molecular formula is C15H16BrN3O7S. The molecule has 1 unspecified atom stereocenters. The monoisotopic (exact) mass is 461 g/mol. The van der Waals surface area contributed by atoms with Gasteiger partial charge in [0, 0.05) is 10.5 Å². The number of aromatic nitrogens is 1. The molecule has 1 atom stereocenters. The fourth-order valence-corrected chi connectivity index (χ4v) is 3.31. The van der Waals surface area contributed by atoms with Crippen LogP contribution in [0.25, 0.3) is 0 Å². The van der Waals surface area contributed by atoms with Crippen molar-refractivity contribution in [3.63, 3.8) is 0 Å². The molecule has 0 saturated heterocycles. The van der Waals surface area contributed by atoms with E-state index in [4.69, 9.17) is 9.26 Å². The predicted octanol–water partition coefficient (Wildman–Crippen LogP) is 0.567. The van der Waals surface area contributed by atoms with Crippen molar-refractivity contribution in [1.82, 2.24) is 9.88 Å². The number of hydrogen-bond acceptors (Lipinski definition) is 8. The van der Waals surface area contributed by atoms with E-state index < -0.39 is 41.2 Å². The highest BCUT2D eigenvalue weighted by atomic mass is 79.9. The lowest BCUT2D eigenvalue weighted by Gasteiger charge is -2.15. The van der Waals surface area contributed by atoms with E-state index in [0.717, 1.165) is 0 Å². The third-order valence-electron chi connectivity index (χ3n) is 3.13. The van der Waals surface area contributed by atoms with Gasteiger partial charge in [0.15, 0.2) is 12.4 Å². The Bertz CT molecular complexity index is 912. The number of nitrogens with zero attached hydrogens (tertiary/aromatic N) is 1. The summed E-state index contributed by atoms with van der Waals surface area (Å²) in [6, 6.07) is 5.55. The Hall–Kier alpha value is -2.28. The highest BCUT2D eigenvalue weighted by Crippen LogP contribution is 2.15. The lowest BCUT2D eigenvalue weighted by Crippen LogP contribution is -2.44. The van der Waals surface area contributed by atoms with Gasteiger partial charge in [0.2, 0.25) is 10.0 Å². The van der Waals surface area contributed by atoms with E-state index in [0.29, 0.717) is 10.2 Å². The molecule has 0 fully saturated rings. The molecule has 0 aliphatic rings. The molecule has 0 aliphatic carbocycles. The zero-order valence-electron chi connectivity index (χ0n) is 14.0. The van der Waals surface area contributed by atoms with E-state index in [2.05, 4.69) is 26.4 Å². The number of carbonyl (C=O) groups excluding carboxylic acids is 2. The summed E-state index contributed by atoms with van der Waals surface area (Å²) in [5.74, 6) is -1.19. The van der Waals surface area contributed by atoms with Crippen LogP contribution in [0, 0.1) is 6.92 Å². The van der Waals surface area contributed by atoms with Crippen molar-refractivity contribution in [2.75, 3.05) is 18.5 Å². The number of amides is 1. The first-order valence-electron chi connectivity index (χ1n) is 7.50. The number of esters is 1. The molecule has 1 amide bonds. The number of benzene rings is 1. The van der Waals surface area contributed by atoms with Gasteiger partial charge in [0.05, 0.1) is 11.5 Å². The van der Waals surface area contributed by atoms with Crippen LogP contribution >= 0.6 is 15.9 Å². The van der Waals surface area contributed by atoms with Crippen LogP contribution in [0.4, 0.5) is 5.82 Å². The molecule has 1 heterocycles. The minimum absolute atomic E-state index is 0.101. The maximum Gasteiger partial charge on any atom is 0.327 e. The van der Waals surface area contributed by atoms with E-state index in [-0.39, 0.29) is 10.7 Å². The van der Waals surface area contributed by atoms with Gasteiger partial charge in [-0.15, -0.1) is 0 Å². The van der Waals surface area contributed by atoms with E-state index in [1.54, 1.807) is 6.92 Å². The molecule has 0 aliphatic heterocycles. The number of aryl methyl sites for hydroxylation is 1. The third kappa shape index (κ3) is 6.13. The Morgan fingerprint density at radius 3 is 2.56 bits per heavy atom. The second-order valence-electron chi connectivity index (χ2n) is 5.29. The van der Waals surface area contributed by atoms with E-state index in [1.807, 2.05) is 4.72 Å². The molecular weight excluding hydrogens is 446 g/mol. The number of hydrogen-bond donors (Lipinski definition) is 3. The number of aliphatic hydroxyl groups is 1. The number of ether oxygens (including phenoxy) is 1. The topological polar surface area (TPSA) is 148 Å². The molecule has 146 valence electrons. The summed E-state index contributed by atoms with van der Waals surface area (Å²) in [5, 5.41) is 15.2. The first-order chi connectivity index (χ1) is 12.7. The summed E-state index contributed by atoms with van der Waals surface area (Å²) < 4.78 is 36.7. The number of carbonyl (C=O) groups is 2. The fourth-order valence-electron chi connectivity index (χ4n) is 1.87. The summed E-state index contributed by atoms with van der Waals surface area (Å²) in [4.78, 5) is 23.6. The maximum atomic E-state index is 12.3. The summed E-state index contributed by atoms with van der Waals surface area (Å²) in [6.45, 7) is 0.0893. The van der Waals surface area contributed by atoms with Crippen molar-refractivity contribution in [3.05, 3.63) is 40.6 Å². The quantitative estimate of drug-likeness (QED) is 0.483. The molecule has 1 aromatic carbocycles. The number of aliphatic hydroxyl groups excluding tert-OH is 1. The summed E-state index contributed by atoms with van der Waals surface area (Å²) in [5.41, 5.74) is 0. The molecule has 0 bridgehead atoms. The van der Waals surface area contributed by atoms with Crippen molar-refractivity contribution in [2.24, 2.45) is 0 Å². The van der Waals surface area contributed by atoms with Crippen LogP contribution in [0.3, 0.4) is 0 Å². The number of halogens is 1. The Balaban J connectivity index is 1.92. The van der Waals surface area contributed by atoms with Gasteiger partial charge in [-0.05, 0) is 31.2 Å². The number of rotatable bonds is 8. The van der Waals surface area contributed by atoms with Crippen LogP contribution in [0.1, 0.15) is 5.76 Å². The summed E-state index contributed by atoms with van der Waals surface area (Å²) in [6.07, 6.45) is 0. The van der Waals surface area contributed by atoms with Gasteiger partial charge >= 0.3 is 5.97 Å². The van der Waals surface area contributed by atoms with Gasteiger partial charge in [-0.2, -0.15) is 4.72 Å². The molecule has 12 heteroatoms. The predicted molar refractivity (Wildman–Crippen MR) is 96.2 cm³/mol. The molecule has 0 radical (unpaired) electrons. The van der Waals surface area contributed by atoms with Gasteiger partial charge in [-0.25, -0.2) is 8.42 Å². The molecule has 0 saturated carbocycles. The normalized spacial score (nSPS) is 12.4.